The molecule has 56 heavy (non-hydrogen) atoms. The Morgan fingerprint density at radius 2 is 1.45 bits per heavy atom. The lowest BCUT2D eigenvalue weighted by molar-refractivity contribution is -0.210. The van der Waals surface area contributed by atoms with E-state index >= 15 is 4.79 Å². The summed E-state index contributed by atoms with van der Waals surface area (Å²) in [7, 11) is 0. The lowest BCUT2D eigenvalue weighted by Gasteiger charge is -2.60. The first-order valence-corrected chi connectivity index (χ1v) is 20.8. The monoisotopic (exact) mass is 772 g/mol. The van der Waals surface area contributed by atoms with Gasteiger partial charge in [0.05, 0.1) is 22.9 Å². The van der Waals surface area contributed by atoms with Crippen LogP contribution in [-0.4, -0.2) is 53.9 Å². The summed E-state index contributed by atoms with van der Waals surface area (Å²) >= 11 is 0. The summed E-state index contributed by atoms with van der Waals surface area (Å²) in [5.74, 6) is -1.00. The van der Waals surface area contributed by atoms with Crippen LogP contribution < -0.4 is 4.74 Å². The third kappa shape index (κ3) is 9.19. The van der Waals surface area contributed by atoms with Gasteiger partial charge >= 0.3 is 23.9 Å². The fourth-order valence-electron chi connectivity index (χ4n) is 11.9. The number of carbonyl (C=O) groups is 4. The Labute approximate surface area is 333 Å². The van der Waals surface area contributed by atoms with Crippen LogP contribution in [0.5, 0.6) is 5.75 Å². The van der Waals surface area contributed by atoms with Gasteiger partial charge in [-0.1, -0.05) is 70.2 Å². The molecule has 4 aliphatic carbocycles. The van der Waals surface area contributed by atoms with Gasteiger partial charge in [-0.05, 0) is 143 Å². The molecule has 4 bridgehead atoms. The molecule has 0 amide bonds. The second-order valence-corrected chi connectivity index (χ2v) is 20.0. The van der Waals surface area contributed by atoms with Gasteiger partial charge in [-0.2, -0.15) is 0 Å². The van der Waals surface area contributed by atoms with Gasteiger partial charge in [0.25, 0.3) is 0 Å². The largest absolute Gasteiger partial charge is 0.481 e. The maximum absolute atomic E-state index is 15.3. The highest BCUT2D eigenvalue weighted by Crippen LogP contribution is 2.63. The molecule has 8 unspecified atom stereocenters. The molecular weight excluding hydrogens is 709 g/mol. The minimum absolute atomic E-state index is 0.0556. The number of esters is 3. The van der Waals surface area contributed by atoms with Gasteiger partial charge in [-0.3, -0.25) is 19.2 Å². The molecule has 0 radical (unpaired) electrons. The van der Waals surface area contributed by atoms with E-state index in [-0.39, 0.29) is 49.3 Å². The predicted molar refractivity (Wildman–Crippen MR) is 213 cm³/mol. The van der Waals surface area contributed by atoms with Gasteiger partial charge in [0.1, 0.15) is 24.1 Å². The van der Waals surface area contributed by atoms with Gasteiger partial charge in [0.2, 0.25) is 0 Å². The van der Waals surface area contributed by atoms with Crippen molar-refractivity contribution in [2.75, 3.05) is 13.2 Å². The van der Waals surface area contributed by atoms with Gasteiger partial charge in [0.15, 0.2) is 0 Å². The number of carboxylic acid groups (broad SMARTS) is 1. The average Bonchev–Trinajstić information content (AvgIpc) is 3.94. The highest BCUT2D eigenvalue weighted by Gasteiger charge is 2.60. The molecule has 306 valence electrons. The van der Waals surface area contributed by atoms with E-state index in [1.807, 2.05) is 44.2 Å². The molecule has 1 aliphatic heterocycles. The summed E-state index contributed by atoms with van der Waals surface area (Å²) in [6, 6.07) is 17.3. The second-order valence-electron chi connectivity index (χ2n) is 20.0. The molecular formula is C47H64O9. The summed E-state index contributed by atoms with van der Waals surface area (Å²) in [6.07, 6.45) is 7.35. The number of ether oxygens (including phenoxy) is 4. The summed E-state index contributed by atoms with van der Waals surface area (Å²) in [5, 5.41) is 11.0. The highest BCUT2D eigenvalue weighted by atomic mass is 16.6. The van der Waals surface area contributed by atoms with E-state index < -0.39 is 45.2 Å². The molecule has 9 heteroatoms. The number of hydrogen-bond acceptors (Lipinski definition) is 8. The zero-order valence-electron chi connectivity index (χ0n) is 34.9. The number of carbonyl (C=O) groups excluding carboxylic acids is 3. The van der Waals surface area contributed by atoms with Gasteiger partial charge < -0.3 is 24.1 Å². The van der Waals surface area contributed by atoms with Crippen molar-refractivity contribution in [3.63, 3.8) is 0 Å². The fourth-order valence-corrected chi connectivity index (χ4v) is 11.9. The van der Waals surface area contributed by atoms with Crippen molar-refractivity contribution in [2.24, 2.45) is 33.5 Å². The van der Waals surface area contributed by atoms with E-state index in [9.17, 15) is 19.5 Å². The Morgan fingerprint density at radius 1 is 0.857 bits per heavy atom. The first-order valence-electron chi connectivity index (χ1n) is 20.8. The van der Waals surface area contributed by atoms with Crippen LogP contribution in [0, 0.1) is 33.5 Å². The Balaban J connectivity index is 1.35. The molecule has 8 atom stereocenters. The first-order chi connectivity index (χ1) is 26.2. The minimum atomic E-state index is -1.38. The summed E-state index contributed by atoms with van der Waals surface area (Å²) < 4.78 is 23.5. The van der Waals surface area contributed by atoms with Crippen molar-refractivity contribution in [3.8, 4) is 5.75 Å². The molecule has 4 saturated carbocycles. The van der Waals surface area contributed by atoms with Crippen molar-refractivity contribution in [1.82, 2.24) is 0 Å². The Morgan fingerprint density at radius 3 is 1.98 bits per heavy atom. The lowest BCUT2D eigenvalue weighted by atomic mass is 9.48. The quantitative estimate of drug-likeness (QED) is 0.0895. The van der Waals surface area contributed by atoms with E-state index in [1.54, 1.807) is 26.0 Å². The van der Waals surface area contributed by atoms with Crippen LogP contribution in [-0.2, 0) is 38.8 Å². The average molecular weight is 773 g/mol. The molecule has 2 aromatic carbocycles. The zero-order valence-corrected chi connectivity index (χ0v) is 34.9. The molecule has 7 rings (SSSR count). The van der Waals surface area contributed by atoms with E-state index in [0.29, 0.717) is 30.6 Å². The van der Waals surface area contributed by atoms with E-state index in [0.717, 1.165) is 36.8 Å². The number of epoxide rings is 1. The molecule has 5 aliphatic rings. The van der Waals surface area contributed by atoms with E-state index in [4.69, 9.17) is 18.9 Å². The van der Waals surface area contributed by atoms with E-state index in [1.165, 1.54) is 26.2 Å². The van der Waals surface area contributed by atoms with Gasteiger partial charge in [-0.25, -0.2) is 0 Å². The minimum Gasteiger partial charge on any atom is -0.481 e. The maximum atomic E-state index is 15.3. The molecule has 1 N–H and O–H groups in total. The van der Waals surface area contributed by atoms with Gasteiger partial charge in [-0.15, -0.1) is 0 Å². The SMILES string of the molecule is CCC(C)(CC(C)(CC(C)(CC(C)(CC(C)c1ccc(OC(C)=O)cc1)C(=O)O)C(=O)OCC1CO1)C(=O)OC12CC3CC(CC(C)(C3)C1)C2)c1ccccc1. The van der Waals surface area contributed by atoms with Crippen molar-refractivity contribution in [2.45, 2.75) is 149 Å². The third-order valence-electron chi connectivity index (χ3n) is 14.0. The smallest absolute Gasteiger partial charge is 0.312 e. The highest BCUT2D eigenvalue weighted by molar-refractivity contribution is 5.83. The van der Waals surface area contributed by atoms with Crippen molar-refractivity contribution < 1.29 is 43.2 Å². The number of hydrogen-bond donors (Lipinski definition) is 1. The van der Waals surface area contributed by atoms with Crippen molar-refractivity contribution in [1.29, 1.82) is 0 Å². The molecule has 0 aromatic heterocycles. The number of rotatable bonds is 18. The second kappa shape index (κ2) is 15.6. The lowest BCUT2D eigenvalue weighted by Crippen LogP contribution is -2.58. The molecule has 2 aromatic rings. The zero-order chi connectivity index (χ0) is 40.7. The molecule has 5 fully saturated rings. The topological polar surface area (TPSA) is 129 Å². The van der Waals surface area contributed by atoms with Crippen molar-refractivity contribution >= 4 is 23.9 Å². The van der Waals surface area contributed by atoms with Crippen LogP contribution in [0.3, 0.4) is 0 Å². The molecule has 9 nitrogen and oxygen atoms in total. The summed E-state index contributed by atoms with van der Waals surface area (Å²) in [6.45, 7) is 16.0. The normalized spacial score (nSPS) is 29.8. The fraction of sp³-hybridized carbons (Fsp3) is 0.660. The standard InChI is InChI=1S/C47H64O9/c1-9-43(5,36-13-11-10-12-14-36)28-46(8,41(52)56-47-23-33-19-34(24-47)22-42(4,21-33)27-47)30-45(7,40(51)54-26-38-25-53-38)29-44(6,39(49)50)20-31(2)35-15-17-37(18-16-35)55-32(3)48/h10-18,31,33-34,38H,9,19-30H2,1-8H3,(H,49,50). The predicted octanol–water partition coefficient (Wildman–Crippen LogP) is 9.59. The molecule has 1 heterocycles. The van der Waals surface area contributed by atoms with Crippen LogP contribution in [0.15, 0.2) is 54.6 Å². The molecule has 1 saturated heterocycles. The Hall–Kier alpha value is -3.72. The van der Waals surface area contributed by atoms with Crippen LogP contribution >= 0.6 is 0 Å². The Kier molecular flexibility index (Phi) is 11.6. The number of aliphatic carboxylic acids is 1. The summed E-state index contributed by atoms with van der Waals surface area (Å²) in [4.78, 5) is 54.8. The molecule has 0 spiro atoms. The van der Waals surface area contributed by atoms with Crippen LogP contribution in [0.25, 0.3) is 0 Å². The Bertz CT molecular complexity index is 1750. The maximum Gasteiger partial charge on any atom is 0.312 e. The number of carboxylic acids is 1. The van der Waals surface area contributed by atoms with Crippen LogP contribution in [0.2, 0.25) is 0 Å². The van der Waals surface area contributed by atoms with Crippen LogP contribution in [0.4, 0.5) is 0 Å². The third-order valence-corrected chi connectivity index (χ3v) is 14.0. The van der Waals surface area contributed by atoms with Crippen LogP contribution in [0.1, 0.15) is 143 Å². The summed E-state index contributed by atoms with van der Waals surface area (Å²) in [5.41, 5.74) is -2.77. The van der Waals surface area contributed by atoms with E-state index in [2.05, 4.69) is 32.9 Å². The van der Waals surface area contributed by atoms with Crippen molar-refractivity contribution in [3.05, 3.63) is 65.7 Å². The number of benzene rings is 2. The van der Waals surface area contributed by atoms with Gasteiger partial charge in [0, 0.05) is 6.92 Å². The first kappa shape index (κ1) is 41.9.